The van der Waals surface area contributed by atoms with Crippen LogP contribution in [0, 0.1) is 6.92 Å². The third kappa shape index (κ3) is 1.58. The van der Waals surface area contributed by atoms with E-state index in [1.165, 1.54) is 7.11 Å². The number of aryl methyl sites for hydroxylation is 1. The summed E-state index contributed by atoms with van der Waals surface area (Å²) in [5.74, 6) is 0.178. The van der Waals surface area contributed by atoms with Crippen LogP contribution in [0.4, 0.5) is 0 Å². The van der Waals surface area contributed by atoms with Gasteiger partial charge in [-0.05, 0) is 19.1 Å². The minimum Gasteiger partial charge on any atom is -0.496 e. The molecule has 0 fully saturated rings. The van der Waals surface area contributed by atoms with Crippen molar-refractivity contribution in [1.82, 2.24) is 0 Å². The van der Waals surface area contributed by atoms with Crippen molar-refractivity contribution in [2.75, 3.05) is 7.11 Å². The van der Waals surface area contributed by atoms with Crippen LogP contribution in [0.25, 0.3) is 0 Å². The molecule has 0 saturated carbocycles. The van der Waals surface area contributed by atoms with E-state index in [4.69, 9.17) is 4.74 Å². The van der Waals surface area contributed by atoms with Crippen LogP contribution in [0.2, 0.25) is 0 Å². The van der Waals surface area contributed by atoms with E-state index in [-0.39, 0.29) is 11.6 Å². The number of hydrogen-bond donors (Lipinski definition) is 0. The highest BCUT2D eigenvalue weighted by atomic mass is 16.5. The second-order valence-corrected chi connectivity index (χ2v) is 4.59. The predicted molar refractivity (Wildman–Crippen MR) is 71.0 cm³/mol. The molecule has 3 heteroatoms. The molecule has 0 amide bonds. The van der Waals surface area contributed by atoms with Crippen LogP contribution in [0.1, 0.15) is 37.4 Å². The number of hydrogen-bond acceptors (Lipinski definition) is 3. The molecule has 3 nitrogen and oxygen atoms in total. The number of carbonyl (C=O) groups is 2. The molecular formula is C16H12O3. The molecule has 2 aromatic rings. The Kier molecular flexibility index (Phi) is 2.49. The highest BCUT2D eigenvalue weighted by Crippen LogP contribution is 2.33. The summed E-state index contributed by atoms with van der Waals surface area (Å²) in [6.45, 7) is 1.90. The maximum Gasteiger partial charge on any atom is 0.198 e. The summed E-state index contributed by atoms with van der Waals surface area (Å²) in [6.07, 6.45) is 0. The zero-order valence-electron chi connectivity index (χ0n) is 10.7. The lowest BCUT2D eigenvalue weighted by molar-refractivity contribution is 0.0976. The highest BCUT2D eigenvalue weighted by molar-refractivity contribution is 6.29. The molecule has 0 aromatic heterocycles. The third-order valence-corrected chi connectivity index (χ3v) is 3.38. The van der Waals surface area contributed by atoms with Crippen LogP contribution in [0.15, 0.2) is 36.4 Å². The van der Waals surface area contributed by atoms with Crippen LogP contribution >= 0.6 is 0 Å². The number of ketones is 2. The van der Waals surface area contributed by atoms with Crippen molar-refractivity contribution in [2.45, 2.75) is 6.92 Å². The molecule has 0 spiro atoms. The van der Waals surface area contributed by atoms with E-state index in [1.807, 2.05) is 13.0 Å². The van der Waals surface area contributed by atoms with Crippen molar-refractivity contribution in [1.29, 1.82) is 0 Å². The zero-order valence-corrected chi connectivity index (χ0v) is 10.7. The Morgan fingerprint density at radius 3 is 2.42 bits per heavy atom. The number of benzene rings is 2. The van der Waals surface area contributed by atoms with Gasteiger partial charge >= 0.3 is 0 Å². The zero-order chi connectivity index (χ0) is 13.6. The summed E-state index contributed by atoms with van der Waals surface area (Å²) in [7, 11) is 1.50. The fourth-order valence-electron chi connectivity index (χ4n) is 2.45. The standard InChI is InChI=1S/C16H12O3/c1-9-6-7-10-12(8-9)16(18)14-11(15(10)17)4-3-5-13(14)19-2/h3-8H,1-2H3. The van der Waals surface area contributed by atoms with Gasteiger partial charge in [0.2, 0.25) is 0 Å². The lowest BCUT2D eigenvalue weighted by Crippen LogP contribution is -2.21. The van der Waals surface area contributed by atoms with Gasteiger partial charge in [-0.1, -0.05) is 29.8 Å². The summed E-state index contributed by atoms with van der Waals surface area (Å²) >= 11 is 0. The van der Waals surface area contributed by atoms with Gasteiger partial charge in [0.1, 0.15) is 5.75 Å². The van der Waals surface area contributed by atoms with Gasteiger partial charge in [-0.2, -0.15) is 0 Å². The fraction of sp³-hybridized carbons (Fsp3) is 0.125. The average molecular weight is 252 g/mol. The topological polar surface area (TPSA) is 43.4 Å². The van der Waals surface area contributed by atoms with Gasteiger partial charge in [0.25, 0.3) is 0 Å². The fourth-order valence-corrected chi connectivity index (χ4v) is 2.45. The Morgan fingerprint density at radius 2 is 1.68 bits per heavy atom. The van der Waals surface area contributed by atoms with E-state index in [0.29, 0.717) is 28.0 Å². The first-order valence-electron chi connectivity index (χ1n) is 6.00. The van der Waals surface area contributed by atoms with Gasteiger partial charge in [-0.25, -0.2) is 0 Å². The van der Waals surface area contributed by atoms with Gasteiger partial charge < -0.3 is 4.74 Å². The summed E-state index contributed by atoms with van der Waals surface area (Å²) in [5, 5.41) is 0. The molecule has 0 aliphatic heterocycles. The minimum absolute atomic E-state index is 0.122. The lowest BCUT2D eigenvalue weighted by atomic mass is 9.83. The lowest BCUT2D eigenvalue weighted by Gasteiger charge is -2.19. The predicted octanol–water partition coefficient (Wildman–Crippen LogP) is 2.78. The summed E-state index contributed by atoms with van der Waals surface area (Å²) in [4.78, 5) is 25.0. The van der Waals surface area contributed by atoms with E-state index < -0.39 is 0 Å². The van der Waals surface area contributed by atoms with Crippen molar-refractivity contribution in [2.24, 2.45) is 0 Å². The Hall–Kier alpha value is -2.42. The molecule has 0 unspecified atom stereocenters. The molecule has 1 aliphatic carbocycles. The molecule has 3 rings (SSSR count). The van der Waals surface area contributed by atoms with Gasteiger partial charge in [0.15, 0.2) is 11.6 Å². The maximum absolute atomic E-state index is 12.6. The van der Waals surface area contributed by atoms with E-state index in [1.54, 1.807) is 30.3 Å². The van der Waals surface area contributed by atoms with E-state index in [0.717, 1.165) is 5.56 Å². The number of methoxy groups -OCH3 is 1. The van der Waals surface area contributed by atoms with Gasteiger partial charge in [0.05, 0.1) is 12.7 Å². The van der Waals surface area contributed by atoms with Crippen molar-refractivity contribution < 1.29 is 14.3 Å². The van der Waals surface area contributed by atoms with Crippen molar-refractivity contribution in [3.05, 3.63) is 64.2 Å². The first-order valence-corrected chi connectivity index (χ1v) is 6.00. The Labute approximate surface area is 110 Å². The van der Waals surface area contributed by atoms with Crippen molar-refractivity contribution in [3.63, 3.8) is 0 Å². The molecule has 0 bridgehead atoms. The van der Waals surface area contributed by atoms with Crippen LogP contribution in [-0.4, -0.2) is 18.7 Å². The molecule has 1 aliphatic rings. The Morgan fingerprint density at radius 1 is 0.895 bits per heavy atom. The summed E-state index contributed by atoms with van der Waals surface area (Å²) in [5.41, 5.74) is 2.67. The number of ether oxygens (including phenoxy) is 1. The monoisotopic (exact) mass is 252 g/mol. The average Bonchev–Trinajstić information content (AvgIpc) is 2.43. The molecule has 0 radical (unpaired) electrons. The van der Waals surface area contributed by atoms with Gasteiger partial charge in [-0.3, -0.25) is 9.59 Å². The molecule has 19 heavy (non-hydrogen) atoms. The van der Waals surface area contributed by atoms with Crippen LogP contribution < -0.4 is 4.74 Å². The minimum atomic E-state index is -0.147. The first-order chi connectivity index (χ1) is 9.13. The molecule has 94 valence electrons. The summed E-state index contributed by atoms with van der Waals surface area (Å²) in [6, 6.07) is 10.4. The smallest absolute Gasteiger partial charge is 0.198 e. The molecule has 0 heterocycles. The van der Waals surface area contributed by atoms with Crippen molar-refractivity contribution >= 4 is 11.6 Å². The Balaban J connectivity index is 2.33. The van der Waals surface area contributed by atoms with Crippen LogP contribution in [0.3, 0.4) is 0 Å². The van der Waals surface area contributed by atoms with E-state index in [2.05, 4.69) is 0 Å². The first kappa shape index (κ1) is 11.7. The van der Waals surface area contributed by atoms with Crippen LogP contribution in [-0.2, 0) is 0 Å². The quantitative estimate of drug-likeness (QED) is 0.669. The normalized spacial score (nSPS) is 12.9. The van der Waals surface area contributed by atoms with Gasteiger partial charge in [-0.15, -0.1) is 0 Å². The van der Waals surface area contributed by atoms with Crippen molar-refractivity contribution in [3.8, 4) is 5.75 Å². The molecule has 0 N–H and O–H groups in total. The highest BCUT2D eigenvalue weighted by Gasteiger charge is 2.31. The SMILES string of the molecule is COc1cccc2c1C(=O)c1cc(C)ccc1C2=O. The van der Waals surface area contributed by atoms with E-state index >= 15 is 0 Å². The third-order valence-electron chi connectivity index (χ3n) is 3.38. The number of rotatable bonds is 1. The summed E-state index contributed by atoms with van der Waals surface area (Å²) < 4.78 is 5.20. The number of fused-ring (bicyclic) bond motifs is 2. The number of carbonyl (C=O) groups excluding carboxylic acids is 2. The second kappa shape index (κ2) is 4.05. The largest absolute Gasteiger partial charge is 0.496 e. The molecule has 0 saturated heterocycles. The Bertz CT molecular complexity index is 714. The second-order valence-electron chi connectivity index (χ2n) is 4.59. The molecule has 0 atom stereocenters. The maximum atomic E-state index is 12.6. The van der Waals surface area contributed by atoms with Gasteiger partial charge in [0, 0.05) is 16.7 Å². The molecule has 2 aromatic carbocycles. The van der Waals surface area contributed by atoms with E-state index in [9.17, 15) is 9.59 Å². The molecular weight excluding hydrogens is 240 g/mol. The van der Waals surface area contributed by atoms with Crippen LogP contribution in [0.5, 0.6) is 5.75 Å².